The maximum Gasteiger partial charge on any atom is 0.417 e. The third-order valence-electron chi connectivity index (χ3n) is 6.41. The molecule has 9 heteroatoms. The van der Waals surface area contributed by atoms with Crippen molar-refractivity contribution >= 4 is 6.03 Å². The highest BCUT2D eigenvalue weighted by Gasteiger charge is 2.36. The summed E-state index contributed by atoms with van der Waals surface area (Å²) in [5.41, 5.74) is 0.389. The molecule has 4 heterocycles. The van der Waals surface area contributed by atoms with Crippen LogP contribution in [0, 0.1) is 0 Å². The van der Waals surface area contributed by atoms with Crippen molar-refractivity contribution in [2.75, 3.05) is 39.9 Å². The quantitative estimate of drug-likeness (QED) is 0.750. The molecule has 160 valence electrons. The largest absolute Gasteiger partial charge is 0.417 e. The van der Waals surface area contributed by atoms with Crippen molar-refractivity contribution in [3.8, 4) is 0 Å². The lowest BCUT2D eigenvalue weighted by atomic mass is 10.0. The standard InChI is InChI=1S/C20H27F3N4O2/c1-25(16-4-8-29-9-5-16)17-2-6-27(13-17)19(28)26-7-3-18-14(12-26)10-15(11-24-18)20(21,22)23/h10-11,16-17H,2-9,12-13H2,1H3. The van der Waals surface area contributed by atoms with Gasteiger partial charge in [-0.2, -0.15) is 13.2 Å². The van der Waals surface area contributed by atoms with Crippen LogP contribution < -0.4 is 0 Å². The van der Waals surface area contributed by atoms with E-state index < -0.39 is 11.7 Å². The number of carbonyl (C=O) groups excluding carboxylic acids is 1. The number of hydrogen-bond acceptors (Lipinski definition) is 4. The van der Waals surface area contributed by atoms with Crippen LogP contribution in [0.15, 0.2) is 12.3 Å². The first-order chi connectivity index (χ1) is 13.8. The third kappa shape index (κ3) is 4.35. The molecule has 1 unspecified atom stereocenters. The van der Waals surface area contributed by atoms with E-state index in [-0.39, 0.29) is 12.6 Å². The van der Waals surface area contributed by atoms with E-state index >= 15 is 0 Å². The number of ether oxygens (including phenoxy) is 1. The third-order valence-corrected chi connectivity index (χ3v) is 6.41. The van der Waals surface area contributed by atoms with E-state index in [9.17, 15) is 18.0 Å². The van der Waals surface area contributed by atoms with Gasteiger partial charge in [-0.15, -0.1) is 0 Å². The molecule has 0 bridgehead atoms. The first kappa shape index (κ1) is 20.4. The second-order valence-electron chi connectivity index (χ2n) is 8.18. The molecule has 0 radical (unpaired) electrons. The summed E-state index contributed by atoms with van der Waals surface area (Å²) in [6.45, 7) is 3.58. The lowest BCUT2D eigenvalue weighted by molar-refractivity contribution is -0.137. The zero-order chi connectivity index (χ0) is 20.6. The Labute approximate surface area is 168 Å². The monoisotopic (exact) mass is 412 g/mol. The van der Waals surface area contributed by atoms with Crippen molar-refractivity contribution in [2.45, 2.75) is 50.5 Å². The molecule has 2 saturated heterocycles. The van der Waals surface area contributed by atoms with Crippen LogP contribution in [0.1, 0.15) is 36.1 Å². The molecule has 1 aromatic heterocycles. The Balaban J connectivity index is 1.38. The molecular weight excluding hydrogens is 385 g/mol. The number of aromatic nitrogens is 1. The highest BCUT2D eigenvalue weighted by molar-refractivity contribution is 5.75. The highest BCUT2D eigenvalue weighted by atomic mass is 19.4. The molecule has 0 aliphatic carbocycles. The first-order valence-corrected chi connectivity index (χ1v) is 10.2. The maximum atomic E-state index is 13.0. The van der Waals surface area contributed by atoms with E-state index in [1.807, 2.05) is 4.90 Å². The number of hydrogen-bond donors (Lipinski definition) is 0. The number of rotatable bonds is 2. The van der Waals surface area contributed by atoms with Gasteiger partial charge in [-0.1, -0.05) is 0 Å². The first-order valence-electron chi connectivity index (χ1n) is 10.2. The Bertz CT molecular complexity index is 752. The highest BCUT2D eigenvalue weighted by Crippen LogP contribution is 2.31. The molecule has 1 aromatic rings. The molecular formula is C20H27F3N4O2. The van der Waals surface area contributed by atoms with Crippen molar-refractivity contribution in [3.63, 3.8) is 0 Å². The van der Waals surface area contributed by atoms with Gasteiger partial charge in [0.1, 0.15) is 0 Å². The van der Waals surface area contributed by atoms with Gasteiger partial charge in [0.05, 0.1) is 5.56 Å². The number of pyridine rings is 1. The van der Waals surface area contributed by atoms with Crippen LogP contribution >= 0.6 is 0 Å². The number of alkyl halides is 3. The van der Waals surface area contributed by atoms with Crippen molar-refractivity contribution in [1.29, 1.82) is 0 Å². The number of likely N-dealkylation sites (N-methyl/N-ethyl adjacent to an activating group) is 1. The minimum Gasteiger partial charge on any atom is -0.381 e. The zero-order valence-corrected chi connectivity index (χ0v) is 16.6. The normalized spacial score (nSPS) is 23.6. The second kappa shape index (κ2) is 8.10. The lowest BCUT2D eigenvalue weighted by Gasteiger charge is -2.36. The Morgan fingerprint density at radius 3 is 2.66 bits per heavy atom. The van der Waals surface area contributed by atoms with Crippen LogP contribution in [-0.2, 0) is 23.9 Å². The van der Waals surface area contributed by atoms with Crippen LogP contribution in [-0.4, -0.2) is 77.7 Å². The second-order valence-corrected chi connectivity index (χ2v) is 8.18. The van der Waals surface area contributed by atoms with Gasteiger partial charge < -0.3 is 14.5 Å². The molecule has 1 atom stereocenters. The SMILES string of the molecule is CN(C1CCOCC1)C1CCN(C(=O)N2CCc3ncc(C(F)(F)F)cc3C2)C1. The van der Waals surface area contributed by atoms with Gasteiger partial charge in [0.25, 0.3) is 0 Å². The van der Waals surface area contributed by atoms with Crippen LogP contribution in [0.25, 0.3) is 0 Å². The summed E-state index contributed by atoms with van der Waals surface area (Å²) in [6.07, 6.45) is -0.113. The van der Waals surface area contributed by atoms with Gasteiger partial charge in [0.2, 0.25) is 0 Å². The van der Waals surface area contributed by atoms with Crippen LogP contribution in [0.5, 0.6) is 0 Å². The van der Waals surface area contributed by atoms with Gasteiger partial charge in [-0.05, 0) is 37.9 Å². The van der Waals surface area contributed by atoms with Crippen LogP contribution in [0.4, 0.5) is 18.0 Å². The van der Waals surface area contributed by atoms with E-state index in [0.717, 1.165) is 44.7 Å². The van der Waals surface area contributed by atoms with Gasteiger partial charge in [-0.3, -0.25) is 9.88 Å². The summed E-state index contributed by atoms with van der Waals surface area (Å²) < 4.78 is 44.4. The topological polar surface area (TPSA) is 48.9 Å². The molecule has 3 aliphatic heterocycles. The van der Waals surface area contributed by atoms with Crippen molar-refractivity contribution in [2.24, 2.45) is 0 Å². The summed E-state index contributed by atoms with van der Waals surface area (Å²) in [5.74, 6) is 0. The number of halogens is 3. The fourth-order valence-corrected chi connectivity index (χ4v) is 4.58. The maximum absolute atomic E-state index is 13.0. The number of nitrogens with zero attached hydrogens (tertiary/aromatic N) is 4. The van der Waals surface area contributed by atoms with Crippen LogP contribution in [0.3, 0.4) is 0 Å². The molecule has 6 nitrogen and oxygen atoms in total. The molecule has 29 heavy (non-hydrogen) atoms. The minimum absolute atomic E-state index is 0.0871. The molecule has 4 rings (SSSR count). The molecule has 0 N–H and O–H groups in total. The number of likely N-dealkylation sites (tertiary alicyclic amines) is 1. The molecule has 0 aromatic carbocycles. The number of urea groups is 1. The van der Waals surface area contributed by atoms with Crippen molar-refractivity contribution < 1.29 is 22.7 Å². The number of carbonyl (C=O) groups is 1. The Hall–Kier alpha value is -1.87. The number of amides is 2. The predicted octanol–water partition coefficient (Wildman–Crippen LogP) is 2.76. The molecule has 3 aliphatic rings. The fourth-order valence-electron chi connectivity index (χ4n) is 4.58. The zero-order valence-electron chi connectivity index (χ0n) is 16.6. The summed E-state index contributed by atoms with van der Waals surface area (Å²) in [6, 6.07) is 1.85. The van der Waals surface area contributed by atoms with E-state index in [4.69, 9.17) is 4.74 Å². The molecule has 2 amide bonds. The van der Waals surface area contributed by atoms with Crippen molar-refractivity contribution in [1.82, 2.24) is 19.7 Å². The average Bonchev–Trinajstić information content (AvgIpc) is 3.22. The summed E-state index contributed by atoms with van der Waals surface area (Å²) in [7, 11) is 2.12. The predicted molar refractivity (Wildman–Crippen MR) is 100 cm³/mol. The Kier molecular flexibility index (Phi) is 5.70. The average molecular weight is 412 g/mol. The minimum atomic E-state index is -4.43. The van der Waals surface area contributed by atoms with Gasteiger partial charge in [0, 0.05) is 69.8 Å². The molecule has 0 spiro atoms. The lowest BCUT2D eigenvalue weighted by Crippen LogP contribution is -2.47. The van der Waals surface area contributed by atoms with E-state index in [2.05, 4.69) is 16.9 Å². The van der Waals surface area contributed by atoms with Crippen molar-refractivity contribution in [3.05, 3.63) is 29.1 Å². The Morgan fingerprint density at radius 2 is 1.93 bits per heavy atom. The summed E-state index contributed by atoms with van der Waals surface area (Å²) in [4.78, 5) is 22.9. The Morgan fingerprint density at radius 1 is 1.17 bits per heavy atom. The number of fused-ring (bicyclic) bond motifs is 1. The van der Waals surface area contributed by atoms with Gasteiger partial charge in [0.15, 0.2) is 0 Å². The van der Waals surface area contributed by atoms with E-state index in [1.54, 1.807) is 4.90 Å². The summed E-state index contributed by atoms with van der Waals surface area (Å²) in [5, 5.41) is 0. The van der Waals surface area contributed by atoms with Gasteiger partial charge in [-0.25, -0.2) is 4.79 Å². The fraction of sp³-hybridized carbons (Fsp3) is 0.700. The van der Waals surface area contributed by atoms with Gasteiger partial charge >= 0.3 is 12.2 Å². The van der Waals surface area contributed by atoms with Crippen LogP contribution in [0.2, 0.25) is 0 Å². The molecule has 2 fully saturated rings. The molecule has 0 saturated carbocycles. The smallest absolute Gasteiger partial charge is 0.381 e. The van der Waals surface area contributed by atoms with E-state index in [0.29, 0.717) is 49.4 Å². The van der Waals surface area contributed by atoms with E-state index in [1.165, 1.54) is 0 Å². The summed E-state index contributed by atoms with van der Waals surface area (Å²) >= 11 is 0.